The fourth-order valence-corrected chi connectivity index (χ4v) is 0.868. The van der Waals surface area contributed by atoms with Crippen LogP contribution >= 0.6 is 0 Å². The summed E-state index contributed by atoms with van der Waals surface area (Å²) >= 11 is 0. The number of amides is 1. The Bertz CT molecular complexity index is 379. The zero-order valence-corrected chi connectivity index (χ0v) is 7.54. The van der Waals surface area contributed by atoms with E-state index >= 15 is 0 Å². The van der Waals surface area contributed by atoms with Gasteiger partial charge >= 0.3 is 0 Å². The Morgan fingerprint density at radius 2 is 2.33 bits per heavy atom. The van der Waals surface area contributed by atoms with Gasteiger partial charge in [0.15, 0.2) is 6.61 Å². The number of nitrogens with zero attached hydrogens (tertiary/aromatic N) is 1. The first kappa shape index (κ1) is 10.9. The van der Waals surface area contributed by atoms with Crippen LogP contribution in [0.15, 0.2) is 24.3 Å². The maximum atomic E-state index is 10.6. The lowest BCUT2D eigenvalue weighted by Crippen LogP contribution is -2.25. The van der Waals surface area contributed by atoms with Gasteiger partial charge < -0.3 is 4.74 Å². The van der Waals surface area contributed by atoms with E-state index in [1.165, 1.54) is 29.7 Å². The molecule has 7 nitrogen and oxygen atoms in total. The van der Waals surface area contributed by atoms with Gasteiger partial charge in [-0.1, -0.05) is 6.07 Å². The van der Waals surface area contributed by atoms with Gasteiger partial charge in [-0.15, -0.1) is 0 Å². The fourth-order valence-electron chi connectivity index (χ4n) is 0.868. The predicted molar refractivity (Wildman–Crippen MR) is 48.5 cm³/mol. The number of hydrogen-bond donors (Lipinski definition) is 2. The average Bonchev–Trinajstić information content (AvgIpc) is 2.26. The molecule has 1 amide bonds. The molecule has 1 aromatic rings. The first-order valence-corrected chi connectivity index (χ1v) is 3.93. The van der Waals surface area contributed by atoms with Gasteiger partial charge in [-0.25, -0.2) is 5.48 Å². The second-order valence-corrected chi connectivity index (χ2v) is 2.58. The largest absolute Gasteiger partial charge is 0.483 e. The van der Waals surface area contributed by atoms with E-state index in [4.69, 9.17) is 9.94 Å². The van der Waals surface area contributed by atoms with Crippen LogP contribution in [0.2, 0.25) is 0 Å². The Balaban J connectivity index is 2.66. The highest BCUT2D eigenvalue weighted by Gasteiger charge is 2.07. The van der Waals surface area contributed by atoms with E-state index in [1.807, 2.05) is 0 Å². The van der Waals surface area contributed by atoms with Crippen LogP contribution in [0.25, 0.3) is 0 Å². The van der Waals surface area contributed by atoms with Gasteiger partial charge in [0, 0.05) is 6.07 Å². The molecule has 0 heterocycles. The second-order valence-electron chi connectivity index (χ2n) is 2.58. The van der Waals surface area contributed by atoms with Gasteiger partial charge in [-0.3, -0.25) is 20.1 Å². The van der Waals surface area contributed by atoms with Crippen molar-refractivity contribution in [2.75, 3.05) is 6.61 Å². The van der Waals surface area contributed by atoms with E-state index in [2.05, 4.69) is 0 Å². The van der Waals surface area contributed by atoms with Crippen molar-refractivity contribution in [1.82, 2.24) is 5.48 Å². The van der Waals surface area contributed by atoms with Crippen molar-refractivity contribution in [1.29, 1.82) is 0 Å². The minimum atomic E-state index is -0.735. The zero-order chi connectivity index (χ0) is 11.3. The quantitative estimate of drug-likeness (QED) is 0.429. The summed E-state index contributed by atoms with van der Waals surface area (Å²) in [5.74, 6) is -0.547. The lowest BCUT2D eigenvalue weighted by molar-refractivity contribution is -0.384. The summed E-state index contributed by atoms with van der Waals surface area (Å²) in [6.45, 7) is -0.405. The number of nitro groups is 1. The molecule has 0 aromatic heterocycles. The maximum absolute atomic E-state index is 10.6. The number of nitro benzene ring substituents is 1. The molecule has 0 atom stereocenters. The highest BCUT2D eigenvalue weighted by atomic mass is 16.6. The number of hydrogen-bond acceptors (Lipinski definition) is 5. The van der Waals surface area contributed by atoms with Crippen LogP contribution in [-0.4, -0.2) is 22.6 Å². The molecule has 2 N–H and O–H groups in total. The van der Waals surface area contributed by atoms with Crippen LogP contribution in [0.1, 0.15) is 0 Å². The zero-order valence-electron chi connectivity index (χ0n) is 7.54. The van der Waals surface area contributed by atoms with Crippen molar-refractivity contribution < 1.29 is 19.7 Å². The van der Waals surface area contributed by atoms with Crippen LogP contribution in [0, 0.1) is 10.1 Å². The molecular weight excluding hydrogens is 204 g/mol. The smallest absolute Gasteiger partial charge is 0.281 e. The second kappa shape index (κ2) is 4.91. The molecule has 0 spiro atoms. The molecule has 80 valence electrons. The number of benzene rings is 1. The molecule has 0 aliphatic heterocycles. The number of rotatable bonds is 4. The van der Waals surface area contributed by atoms with Gasteiger partial charge in [0.2, 0.25) is 0 Å². The summed E-state index contributed by atoms with van der Waals surface area (Å²) < 4.78 is 4.87. The molecule has 0 saturated heterocycles. The monoisotopic (exact) mass is 212 g/mol. The van der Waals surface area contributed by atoms with Crippen molar-refractivity contribution in [2.24, 2.45) is 0 Å². The third-order valence-electron chi connectivity index (χ3n) is 1.52. The Hall–Kier alpha value is -2.15. The van der Waals surface area contributed by atoms with Gasteiger partial charge in [-0.2, -0.15) is 0 Å². The highest BCUT2D eigenvalue weighted by molar-refractivity contribution is 5.76. The molecule has 0 radical (unpaired) electrons. The predicted octanol–water partition coefficient (Wildman–Crippen LogP) is 0.479. The molecule has 1 rings (SSSR count). The summed E-state index contributed by atoms with van der Waals surface area (Å²) in [7, 11) is 0. The minimum absolute atomic E-state index is 0.128. The van der Waals surface area contributed by atoms with Crippen molar-refractivity contribution in [3.05, 3.63) is 34.4 Å². The van der Waals surface area contributed by atoms with Gasteiger partial charge in [-0.05, 0) is 6.07 Å². The standard InChI is InChI=1S/C8H8N2O5/c11-8(9-12)5-15-7-3-1-2-6(4-7)10(13)14/h1-4,12H,5H2,(H,9,11). The van der Waals surface area contributed by atoms with Gasteiger partial charge in [0.1, 0.15) is 5.75 Å². The molecule has 0 bridgehead atoms. The van der Waals surface area contributed by atoms with Crippen molar-refractivity contribution >= 4 is 11.6 Å². The number of ether oxygens (including phenoxy) is 1. The number of non-ortho nitro benzene ring substituents is 1. The fraction of sp³-hybridized carbons (Fsp3) is 0.125. The van der Waals surface area contributed by atoms with E-state index in [-0.39, 0.29) is 11.4 Å². The minimum Gasteiger partial charge on any atom is -0.483 e. The number of carbonyl (C=O) groups is 1. The van der Waals surface area contributed by atoms with E-state index in [0.29, 0.717) is 0 Å². The lowest BCUT2D eigenvalue weighted by Gasteiger charge is -2.03. The molecule has 0 aliphatic rings. The molecule has 0 aliphatic carbocycles. The van der Waals surface area contributed by atoms with Crippen LogP contribution in [-0.2, 0) is 4.79 Å². The molecule has 0 saturated carbocycles. The Kier molecular flexibility index (Phi) is 3.58. The van der Waals surface area contributed by atoms with Crippen LogP contribution in [0.3, 0.4) is 0 Å². The SMILES string of the molecule is O=C(COc1cccc([N+](=O)[O-])c1)NO. The van der Waals surface area contributed by atoms with Crippen LogP contribution in [0.4, 0.5) is 5.69 Å². The van der Waals surface area contributed by atoms with Gasteiger partial charge in [0.05, 0.1) is 11.0 Å². The summed E-state index contributed by atoms with van der Waals surface area (Å²) in [6, 6.07) is 5.39. The topological polar surface area (TPSA) is 102 Å². The third-order valence-corrected chi connectivity index (χ3v) is 1.52. The van der Waals surface area contributed by atoms with Crippen molar-refractivity contribution in [2.45, 2.75) is 0 Å². The van der Waals surface area contributed by atoms with E-state index in [0.717, 1.165) is 0 Å². The lowest BCUT2D eigenvalue weighted by atomic mass is 10.3. The maximum Gasteiger partial charge on any atom is 0.281 e. The van der Waals surface area contributed by atoms with E-state index < -0.39 is 17.4 Å². The Labute approximate surface area is 84.4 Å². The van der Waals surface area contributed by atoms with E-state index in [1.54, 1.807) is 0 Å². The van der Waals surface area contributed by atoms with Crippen LogP contribution in [0.5, 0.6) is 5.75 Å². The molecule has 0 fully saturated rings. The normalized spacial score (nSPS) is 9.40. The van der Waals surface area contributed by atoms with Gasteiger partial charge in [0.25, 0.3) is 11.6 Å². The number of hydroxylamine groups is 1. The number of nitrogens with one attached hydrogen (secondary N) is 1. The first-order valence-electron chi connectivity index (χ1n) is 3.93. The van der Waals surface area contributed by atoms with Crippen molar-refractivity contribution in [3.63, 3.8) is 0 Å². The molecule has 0 unspecified atom stereocenters. The molecule has 15 heavy (non-hydrogen) atoms. The molecule has 1 aromatic carbocycles. The molecular formula is C8H8N2O5. The molecule has 7 heteroatoms. The van der Waals surface area contributed by atoms with Crippen molar-refractivity contribution in [3.8, 4) is 5.75 Å². The Morgan fingerprint density at radius 3 is 2.93 bits per heavy atom. The third kappa shape index (κ3) is 3.24. The van der Waals surface area contributed by atoms with Crippen LogP contribution < -0.4 is 10.2 Å². The number of carbonyl (C=O) groups excluding carboxylic acids is 1. The summed E-state index contributed by atoms with van der Waals surface area (Å²) in [5.41, 5.74) is 1.25. The average molecular weight is 212 g/mol. The van der Waals surface area contributed by atoms with E-state index in [9.17, 15) is 14.9 Å². The highest BCUT2D eigenvalue weighted by Crippen LogP contribution is 2.18. The Morgan fingerprint density at radius 1 is 1.60 bits per heavy atom. The first-order chi connectivity index (χ1) is 7.13. The summed E-state index contributed by atoms with van der Waals surface area (Å²) in [5, 5.41) is 18.5. The summed E-state index contributed by atoms with van der Waals surface area (Å²) in [4.78, 5) is 20.4. The summed E-state index contributed by atoms with van der Waals surface area (Å²) in [6.07, 6.45) is 0.